The molecule has 1 aliphatic rings. The second kappa shape index (κ2) is 7.30. The number of hydrogen-bond donors (Lipinski definition) is 1. The summed E-state index contributed by atoms with van der Waals surface area (Å²) in [6, 6.07) is -0.886. The van der Waals surface area contributed by atoms with E-state index in [1.165, 1.54) is 27.2 Å². The minimum atomic E-state index is -1.01. The van der Waals surface area contributed by atoms with Crippen molar-refractivity contribution in [3.8, 4) is 0 Å². The second-order valence-corrected chi connectivity index (χ2v) is 5.24. The number of esters is 1. The monoisotopic (exact) mass is 339 g/mol. The maximum Gasteiger partial charge on any atom is 0.330 e. The Morgan fingerprint density at radius 2 is 2.25 bits per heavy atom. The number of H-pyrrole nitrogens is 1. The van der Waals surface area contributed by atoms with Gasteiger partial charge in [0, 0.05) is 30.7 Å². The van der Waals surface area contributed by atoms with Crippen LogP contribution < -0.4 is 11.2 Å². The number of ether oxygens (including phenoxy) is 3. The smallest absolute Gasteiger partial charge is 0.330 e. The van der Waals surface area contributed by atoms with Gasteiger partial charge in [-0.3, -0.25) is 19.1 Å². The third kappa shape index (κ3) is 3.48. The Bertz CT molecular complexity index is 780. The maximum absolute atomic E-state index is 12.1. The van der Waals surface area contributed by atoms with Gasteiger partial charge in [0.05, 0.1) is 6.10 Å². The zero-order valence-corrected chi connectivity index (χ0v) is 13.3. The molecule has 0 spiro atoms. The van der Waals surface area contributed by atoms with Crippen LogP contribution in [-0.2, 0) is 19.0 Å². The highest BCUT2D eigenvalue weighted by Gasteiger charge is 2.46. The molecule has 130 valence electrons. The standard InChI is InChI=1S/C13H17N5O6/c1-6-4-18(13(21)15-11(6)20)12-9(16-17-14)10(22-3)8(24-12)5-23-7(2)19/h4,8-10,12H,5H2,1-3H3,(H,15,20,21)/t8-,9-,10-,12-/m0/s1. The molecular weight excluding hydrogens is 322 g/mol. The third-order valence-corrected chi connectivity index (χ3v) is 3.64. The Labute approximate surface area is 135 Å². The Balaban J connectivity index is 2.42. The molecule has 1 aromatic rings. The first kappa shape index (κ1) is 17.7. The quantitative estimate of drug-likeness (QED) is 0.345. The van der Waals surface area contributed by atoms with Crippen LogP contribution in [0.25, 0.3) is 10.4 Å². The van der Waals surface area contributed by atoms with Crippen molar-refractivity contribution < 1.29 is 19.0 Å². The SMILES string of the molecule is CO[C@@H]1[C@H](N=[N+]=[N-])[C@@H](n2cc(C)c(=O)[nH]c2=O)O[C@H]1COC(C)=O. The van der Waals surface area contributed by atoms with Gasteiger partial charge in [0.1, 0.15) is 25.0 Å². The van der Waals surface area contributed by atoms with Gasteiger partial charge < -0.3 is 14.2 Å². The van der Waals surface area contributed by atoms with Crippen molar-refractivity contribution in [3.63, 3.8) is 0 Å². The summed E-state index contributed by atoms with van der Waals surface area (Å²) >= 11 is 0. The van der Waals surface area contributed by atoms with E-state index in [1.807, 2.05) is 0 Å². The van der Waals surface area contributed by atoms with E-state index in [9.17, 15) is 14.4 Å². The van der Waals surface area contributed by atoms with E-state index in [-0.39, 0.29) is 12.2 Å². The first-order chi connectivity index (χ1) is 11.4. The molecule has 24 heavy (non-hydrogen) atoms. The molecule has 0 unspecified atom stereocenters. The molecule has 11 heteroatoms. The molecule has 1 saturated heterocycles. The molecule has 0 bridgehead atoms. The number of aromatic nitrogens is 2. The Morgan fingerprint density at radius 1 is 1.54 bits per heavy atom. The number of nitrogens with zero attached hydrogens (tertiary/aromatic N) is 4. The number of azide groups is 1. The molecule has 2 heterocycles. The minimum absolute atomic E-state index is 0.126. The summed E-state index contributed by atoms with van der Waals surface area (Å²) in [4.78, 5) is 39.5. The van der Waals surface area contributed by atoms with E-state index < -0.39 is 41.7 Å². The predicted octanol–water partition coefficient (Wildman–Crippen LogP) is -0.000580. The Morgan fingerprint density at radius 3 is 2.83 bits per heavy atom. The van der Waals surface area contributed by atoms with E-state index in [1.54, 1.807) is 0 Å². The number of carbonyl (C=O) groups excluding carboxylic acids is 1. The van der Waals surface area contributed by atoms with Crippen LogP contribution in [0.15, 0.2) is 20.9 Å². The van der Waals surface area contributed by atoms with Crippen molar-refractivity contribution >= 4 is 5.97 Å². The average molecular weight is 339 g/mol. The minimum Gasteiger partial charge on any atom is -0.463 e. The maximum atomic E-state index is 12.1. The summed E-state index contributed by atoms with van der Waals surface area (Å²) in [6.07, 6.45) is -1.16. The van der Waals surface area contributed by atoms with Crippen molar-refractivity contribution in [2.45, 2.75) is 38.3 Å². The number of carbonyl (C=O) groups is 1. The van der Waals surface area contributed by atoms with Gasteiger partial charge in [-0.15, -0.1) is 0 Å². The molecule has 4 atom stereocenters. The van der Waals surface area contributed by atoms with E-state index in [4.69, 9.17) is 19.7 Å². The summed E-state index contributed by atoms with van der Waals surface area (Å²) < 4.78 is 17.1. The molecule has 0 aliphatic carbocycles. The van der Waals surface area contributed by atoms with Gasteiger partial charge in [-0.25, -0.2) is 4.79 Å². The fourth-order valence-corrected chi connectivity index (χ4v) is 2.53. The van der Waals surface area contributed by atoms with Crippen LogP contribution in [0, 0.1) is 6.92 Å². The molecule has 0 radical (unpaired) electrons. The van der Waals surface area contributed by atoms with Crippen molar-refractivity contribution in [3.05, 3.63) is 43.0 Å². The first-order valence-electron chi connectivity index (χ1n) is 7.07. The van der Waals surface area contributed by atoms with Crippen LogP contribution in [0.3, 0.4) is 0 Å². The van der Waals surface area contributed by atoms with Gasteiger partial charge in [0.2, 0.25) is 0 Å². The van der Waals surface area contributed by atoms with Crippen LogP contribution >= 0.6 is 0 Å². The molecule has 1 aromatic heterocycles. The normalized spacial score (nSPS) is 26.0. The van der Waals surface area contributed by atoms with Crippen molar-refractivity contribution in [2.75, 3.05) is 13.7 Å². The summed E-state index contributed by atoms with van der Waals surface area (Å²) in [7, 11) is 1.39. The summed E-state index contributed by atoms with van der Waals surface area (Å²) in [5, 5.41) is 3.64. The number of nitrogens with one attached hydrogen (secondary N) is 1. The first-order valence-corrected chi connectivity index (χ1v) is 7.07. The molecule has 0 saturated carbocycles. The van der Waals surface area contributed by atoms with E-state index in [2.05, 4.69) is 15.0 Å². The van der Waals surface area contributed by atoms with Crippen molar-refractivity contribution in [1.29, 1.82) is 0 Å². The van der Waals surface area contributed by atoms with E-state index in [0.29, 0.717) is 0 Å². The Hall–Kier alpha value is -2.62. The zero-order valence-electron chi connectivity index (χ0n) is 13.3. The molecule has 0 aromatic carbocycles. The van der Waals surface area contributed by atoms with Crippen LogP contribution in [-0.4, -0.2) is 47.5 Å². The number of hydrogen-bond acceptors (Lipinski definition) is 7. The lowest BCUT2D eigenvalue weighted by Crippen LogP contribution is -2.38. The molecule has 0 amide bonds. The van der Waals surface area contributed by atoms with Gasteiger partial charge >= 0.3 is 11.7 Å². The topological polar surface area (TPSA) is 148 Å². The fourth-order valence-electron chi connectivity index (χ4n) is 2.53. The third-order valence-electron chi connectivity index (χ3n) is 3.64. The molecule has 1 aliphatic heterocycles. The highest BCUT2D eigenvalue weighted by molar-refractivity contribution is 5.65. The summed E-state index contributed by atoms with van der Waals surface area (Å²) in [5.74, 6) is -0.505. The second-order valence-electron chi connectivity index (χ2n) is 5.24. The predicted molar refractivity (Wildman–Crippen MR) is 80.3 cm³/mol. The summed E-state index contributed by atoms with van der Waals surface area (Å²) in [6.45, 7) is 2.64. The molecule has 2 rings (SSSR count). The largest absolute Gasteiger partial charge is 0.463 e. The fraction of sp³-hybridized carbons (Fsp3) is 0.615. The molecule has 1 fully saturated rings. The van der Waals surface area contributed by atoms with Crippen LogP contribution in [0.4, 0.5) is 0 Å². The molecule has 11 nitrogen and oxygen atoms in total. The van der Waals surface area contributed by atoms with Gasteiger partial charge in [0.15, 0.2) is 0 Å². The number of aromatic amines is 1. The van der Waals surface area contributed by atoms with Crippen molar-refractivity contribution in [2.24, 2.45) is 5.11 Å². The highest BCUT2D eigenvalue weighted by atomic mass is 16.6. The van der Waals surface area contributed by atoms with Crippen LogP contribution in [0.5, 0.6) is 0 Å². The van der Waals surface area contributed by atoms with Gasteiger partial charge in [0.25, 0.3) is 5.56 Å². The molecule has 1 N–H and O–H groups in total. The number of rotatable bonds is 5. The lowest BCUT2D eigenvalue weighted by Gasteiger charge is -2.19. The zero-order chi connectivity index (χ0) is 17.9. The summed E-state index contributed by atoms with van der Waals surface area (Å²) in [5.41, 5.74) is 7.85. The number of aryl methyl sites for hydroxylation is 1. The number of methoxy groups -OCH3 is 1. The highest BCUT2D eigenvalue weighted by Crippen LogP contribution is 2.33. The van der Waals surface area contributed by atoms with Crippen LogP contribution in [0.1, 0.15) is 18.7 Å². The Kier molecular flexibility index (Phi) is 5.39. The van der Waals surface area contributed by atoms with Crippen molar-refractivity contribution in [1.82, 2.24) is 9.55 Å². The van der Waals surface area contributed by atoms with E-state index >= 15 is 0 Å². The van der Waals surface area contributed by atoms with Gasteiger partial charge in [-0.2, -0.15) is 0 Å². The average Bonchev–Trinajstić information content (AvgIpc) is 2.86. The lowest BCUT2D eigenvalue weighted by atomic mass is 10.1. The van der Waals surface area contributed by atoms with Gasteiger partial charge in [-0.1, -0.05) is 5.11 Å². The van der Waals surface area contributed by atoms with E-state index in [0.717, 1.165) is 4.57 Å². The lowest BCUT2D eigenvalue weighted by molar-refractivity contribution is -0.148. The molecular formula is C13H17N5O6. The van der Waals surface area contributed by atoms with Gasteiger partial charge in [-0.05, 0) is 12.5 Å². The van der Waals surface area contributed by atoms with Crippen LogP contribution in [0.2, 0.25) is 0 Å².